The molecule has 0 aliphatic carbocycles. The van der Waals surface area contributed by atoms with E-state index in [4.69, 9.17) is 9.47 Å². The molecule has 2 aromatic carbocycles. The topological polar surface area (TPSA) is 76.7 Å². The van der Waals surface area contributed by atoms with Crippen molar-refractivity contribution in [3.63, 3.8) is 0 Å². The number of ether oxygens (including phenoxy) is 2. The predicted molar refractivity (Wildman–Crippen MR) is 113 cm³/mol. The highest BCUT2D eigenvalue weighted by molar-refractivity contribution is 5.85. The van der Waals surface area contributed by atoms with Gasteiger partial charge < -0.3 is 9.47 Å². The molecule has 2 amide bonds. The lowest BCUT2D eigenvalue weighted by Crippen LogP contribution is -2.48. The molecule has 6 heteroatoms. The standard InChI is InChI=1S/C23H30N2O4/c1-15-7-10-20(13-16(15)2)29-17(3)22(27)25-24-21(26)14-28-19-11-8-18(9-12-19)23(4,5)6/h7-13,17H,14H2,1-6H3,(H,24,26)(H,25,27). The van der Waals surface area contributed by atoms with Crippen LogP contribution in [0, 0.1) is 13.8 Å². The number of hydrogen-bond donors (Lipinski definition) is 2. The minimum absolute atomic E-state index is 0.0518. The zero-order valence-corrected chi connectivity index (χ0v) is 18.0. The molecule has 0 aliphatic rings. The highest BCUT2D eigenvalue weighted by Gasteiger charge is 2.16. The van der Waals surface area contributed by atoms with Crippen molar-refractivity contribution in [3.05, 3.63) is 59.2 Å². The fraction of sp³-hybridized carbons (Fsp3) is 0.391. The van der Waals surface area contributed by atoms with Crippen molar-refractivity contribution in [1.82, 2.24) is 10.9 Å². The van der Waals surface area contributed by atoms with E-state index in [0.717, 1.165) is 11.1 Å². The van der Waals surface area contributed by atoms with Crippen LogP contribution < -0.4 is 20.3 Å². The summed E-state index contributed by atoms with van der Waals surface area (Å²) in [5.41, 5.74) is 8.14. The Morgan fingerprint density at radius 2 is 1.55 bits per heavy atom. The zero-order chi connectivity index (χ0) is 21.6. The molecule has 29 heavy (non-hydrogen) atoms. The number of amides is 2. The van der Waals surface area contributed by atoms with Crippen molar-refractivity contribution >= 4 is 11.8 Å². The first-order chi connectivity index (χ1) is 13.6. The molecular formula is C23H30N2O4. The molecule has 2 aromatic rings. The lowest BCUT2D eigenvalue weighted by Gasteiger charge is -2.19. The van der Waals surface area contributed by atoms with E-state index in [1.807, 2.05) is 56.3 Å². The second-order valence-corrected chi connectivity index (χ2v) is 8.11. The molecule has 0 spiro atoms. The van der Waals surface area contributed by atoms with Gasteiger partial charge in [-0.1, -0.05) is 39.0 Å². The van der Waals surface area contributed by atoms with Crippen LogP contribution in [0.3, 0.4) is 0 Å². The summed E-state index contributed by atoms with van der Waals surface area (Å²) >= 11 is 0. The van der Waals surface area contributed by atoms with E-state index in [0.29, 0.717) is 11.5 Å². The third-order valence-electron chi connectivity index (χ3n) is 4.58. The number of aryl methyl sites for hydroxylation is 2. The maximum atomic E-state index is 12.1. The van der Waals surface area contributed by atoms with Gasteiger partial charge in [-0.2, -0.15) is 0 Å². The van der Waals surface area contributed by atoms with E-state index in [9.17, 15) is 9.59 Å². The average Bonchev–Trinajstić information content (AvgIpc) is 2.66. The van der Waals surface area contributed by atoms with E-state index >= 15 is 0 Å². The Balaban J connectivity index is 1.76. The van der Waals surface area contributed by atoms with Gasteiger partial charge in [0.05, 0.1) is 0 Å². The number of carbonyl (C=O) groups is 2. The van der Waals surface area contributed by atoms with Crippen molar-refractivity contribution < 1.29 is 19.1 Å². The van der Waals surface area contributed by atoms with Gasteiger partial charge in [0.15, 0.2) is 12.7 Å². The first kappa shape index (κ1) is 22.3. The number of benzene rings is 2. The number of hydrogen-bond acceptors (Lipinski definition) is 4. The summed E-state index contributed by atoms with van der Waals surface area (Å²) in [6.07, 6.45) is -0.761. The van der Waals surface area contributed by atoms with Crippen LogP contribution in [0.15, 0.2) is 42.5 Å². The number of hydrazine groups is 1. The summed E-state index contributed by atoms with van der Waals surface area (Å²) < 4.78 is 11.1. The van der Waals surface area contributed by atoms with Crippen molar-refractivity contribution in [3.8, 4) is 11.5 Å². The summed E-state index contributed by atoms with van der Waals surface area (Å²) in [6.45, 7) is 11.8. The monoisotopic (exact) mass is 398 g/mol. The lowest BCUT2D eigenvalue weighted by molar-refractivity contribution is -0.133. The smallest absolute Gasteiger partial charge is 0.279 e. The second kappa shape index (κ2) is 9.45. The third-order valence-corrected chi connectivity index (χ3v) is 4.58. The van der Waals surface area contributed by atoms with Gasteiger partial charge in [-0.05, 0) is 67.1 Å². The Kier molecular flexibility index (Phi) is 7.26. The Morgan fingerprint density at radius 3 is 2.14 bits per heavy atom. The Morgan fingerprint density at radius 1 is 0.931 bits per heavy atom. The molecule has 0 fully saturated rings. The molecule has 0 aliphatic heterocycles. The van der Waals surface area contributed by atoms with Crippen molar-refractivity contribution in [1.29, 1.82) is 0 Å². The Bertz CT molecular complexity index is 854. The van der Waals surface area contributed by atoms with Crippen LogP contribution in [0.1, 0.15) is 44.4 Å². The summed E-state index contributed by atoms with van der Waals surface area (Å²) in [6, 6.07) is 13.2. The highest BCUT2D eigenvalue weighted by Crippen LogP contribution is 2.24. The molecule has 1 atom stereocenters. The molecule has 2 N–H and O–H groups in total. The van der Waals surface area contributed by atoms with Crippen molar-refractivity contribution in [2.24, 2.45) is 0 Å². The van der Waals surface area contributed by atoms with Crippen molar-refractivity contribution in [2.75, 3.05) is 6.61 Å². The van der Waals surface area contributed by atoms with Crippen LogP contribution in [0.25, 0.3) is 0 Å². The predicted octanol–water partition coefficient (Wildman–Crippen LogP) is 3.59. The van der Waals surface area contributed by atoms with E-state index < -0.39 is 17.9 Å². The fourth-order valence-corrected chi connectivity index (χ4v) is 2.51. The van der Waals surface area contributed by atoms with Gasteiger partial charge >= 0.3 is 0 Å². The molecule has 0 saturated heterocycles. The number of nitrogens with one attached hydrogen (secondary N) is 2. The summed E-state index contributed by atoms with van der Waals surface area (Å²) in [5, 5.41) is 0. The summed E-state index contributed by atoms with van der Waals surface area (Å²) in [5.74, 6) is 0.276. The van der Waals surface area contributed by atoms with Crippen LogP contribution in [0.2, 0.25) is 0 Å². The van der Waals surface area contributed by atoms with E-state index in [1.165, 1.54) is 5.56 Å². The molecule has 0 bridgehead atoms. The second-order valence-electron chi connectivity index (χ2n) is 8.11. The zero-order valence-electron chi connectivity index (χ0n) is 18.0. The Labute approximate surface area is 172 Å². The number of carbonyl (C=O) groups excluding carboxylic acids is 2. The molecule has 1 unspecified atom stereocenters. The fourth-order valence-electron chi connectivity index (χ4n) is 2.51. The first-order valence-electron chi connectivity index (χ1n) is 9.62. The van der Waals surface area contributed by atoms with Gasteiger partial charge in [0, 0.05) is 0 Å². The van der Waals surface area contributed by atoms with Gasteiger partial charge in [-0.25, -0.2) is 0 Å². The van der Waals surface area contributed by atoms with Gasteiger partial charge in [0.2, 0.25) is 0 Å². The van der Waals surface area contributed by atoms with Crippen LogP contribution in [-0.4, -0.2) is 24.5 Å². The summed E-state index contributed by atoms with van der Waals surface area (Å²) in [7, 11) is 0. The van der Waals surface area contributed by atoms with E-state index in [1.54, 1.807) is 6.92 Å². The molecule has 0 saturated carbocycles. The first-order valence-corrected chi connectivity index (χ1v) is 9.62. The largest absolute Gasteiger partial charge is 0.484 e. The number of rotatable bonds is 6. The maximum absolute atomic E-state index is 12.1. The van der Waals surface area contributed by atoms with Gasteiger partial charge in [-0.3, -0.25) is 20.4 Å². The highest BCUT2D eigenvalue weighted by atomic mass is 16.5. The molecular weight excluding hydrogens is 368 g/mol. The molecule has 0 heterocycles. The van der Waals surface area contributed by atoms with Crippen LogP contribution in [0.5, 0.6) is 11.5 Å². The van der Waals surface area contributed by atoms with Crippen LogP contribution >= 0.6 is 0 Å². The maximum Gasteiger partial charge on any atom is 0.279 e. The van der Waals surface area contributed by atoms with Gasteiger partial charge in [0.1, 0.15) is 11.5 Å². The Hall–Kier alpha value is -3.02. The van der Waals surface area contributed by atoms with E-state index in [-0.39, 0.29) is 12.0 Å². The van der Waals surface area contributed by atoms with Crippen LogP contribution in [0.4, 0.5) is 0 Å². The lowest BCUT2D eigenvalue weighted by atomic mass is 9.87. The third kappa shape index (κ3) is 6.82. The van der Waals surface area contributed by atoms with Crippen LogP contribution in [-0.2, 0) is 15.0 Å². The molecule has 6 nitrogen and oxygen atoms in total. The minimum Gasteiger partial charge on any atom is -0.484 e. The molecule has 2 rings (SSSR count). The molecule has 0 aromatic heterocycles. The molecule has 156 valence electrons. The van der Waals surface area contributed by atoms with E-state index in [2.05, 4.69) is 31.6 Å². The van der Waals surface area contributed by atoms with Crippen molar-refractivity contribution in [2.45, 2.75) is 53.1 Å². The molecule has 0 radical (unpaired) electrons. The SMILES string of the molecule is Cc1ccc(OC(C)C(=O)NNC(=O)COc2ccc(C(C)(C)C)cc2)cc1C. The summed E-state index contributed by atoms with van der Waals surface area (Å²) in [4.78, 5) is 24.0. The normalized spacial score (nSPS) is 12.1. The van der Waals surface area contributed by atoms with Gasteiger partial charge in [0.25, 0.3) is 11.8 Å². The van der Waals surface area contributed by atoms with Gasteiger partial charge in [-0.15, -0.1) is 0 Å². The average molecular weight is 399 g/mol. The minimum atomic E-state index is -0.761. The quantitative estimate of drug-likeness (QED) is 0.729.